The predicted octanol–water partition coefficient (Wildman–Crippen LogP) is 5.45. The fourth-order valence-corrected chi connectivity index (χ4v) is 3.76. The van der Waals surface area contributed by atoms with Crippen LogP contribution in [-0.4, -0.2) is 36.0 Å². The summed E-state index contributed by atoms with van der Waals surface area (Å²) in [5.41, 5.74) is 2.50. The first-order chi connectivity index (χ1) is 13.8. The van der Waals surface area contributed by atoms with Crippen molar-refractivity contribution in [3.05, 3.63) is 95.0 Å². The molecule has 3 aromatic rings. The van der Waals surface area contributed by atoms with E-state index >= 15 is 0 Å². The second kappa shape index (κ2) is 9.24. The Balaban J connectivity index is 1.30. The van der Waals surface area contributed by atoms with Crippen LogP contribution >= 0.6 is 11.6 Å². The van der Waals surface area contributed by atoms with Crippen LogP contribution in [0, 0.1) is 0 Å². The lowest BCUT2D eigenvalue weighted by molar-refractivity contribution is 0.122. The molecule has 144 valence electrons. The Bertz CT molecular complexity index is 892. The minimum atomic E-state index is 0.861. The molecule has 4 heteroatoms. The van der Waals surface area contributed by atoms with Crippen LogP contribution in [0.15, 0.2) is 78.9 Å². The lowest BCUT2D eigenvalue weighted by Crippen LogP contribution is -2.45. The molecule has 0 saturated carbocycles. The monoisotopic (exact) mass is 392 g/mol. The number of hydrogen-bond acceptors (Lipinski definition) is 3. The van der Waals surface area contributed by atoms with E-state index in [0.29, 0.717) is 0 Å². The van der Waals surface area contributed by atoms with Crippen molar-refractivity contribution >= 4 is 11.6 Å². The Labute approximate surface area is 172 Å². The van der Waals surface area contributed by atoms with Crippen LogP contribution in [0.25, 0.3) is 0 Å². The zero-order chi connectivity index (χ0) is 19.2. The van der Waals surface area contributed by atoms with Gasteiger partial charge in [-0.25, -0.2) is 0 Å². The lowest BCUT2D eigenvalue weighted by atomic mass is 10.1. The van der Waals surface area contributed by atoms with Crippen LogP contribution in [0.2, 0.25) is 5.02 Å². The van der Waals surface area contributed by atoms with Gasteiger partial charge >= 0.3 is 0 Å². The molecule has 0 amide bonds. The summed E-state index contributed by atoms with van der Waals surface area (Å²) in [5.74, 6) is 1.76. The van der Waals surface area contributed by atoms with Gasteiger partial charge in [0.05, 0.1) is 0 Å². The first kappa shape index (κ1) is 19.0. The molecule has 1 fully saturated rings. The highest BCUT2D eigenvalue weighted by Gasteiger charge is 2.18. The lowest BCUT2D eigenvalue weighted by Gasteiger charge is -2.35. The SMILES string of the molecule is Clc1ccccc1CN1CCN(Cc2cccc(Oc3ccccc3)c2)CC1. The van der Waals surface area contributed by atoms with Gasteiger partial charge in [-0.05, 0) is 41.5 Å². The Morgan fingerprint density at radius 1 is 0.679 bits per heavy atom. The third kappa shape index (κ3) is 5.14. The minimum Gasteiger partial charge on any atom is -0.457 e. The van der Waals surface area contributed by atoms with E-state index in [9.17, 15) is 0 Å². The Hall–Kier alpha value is -2.33. The second-order valence-electron chi connectivity index (χ2n) is 7.21. The van der Waals surface area contributed by atoms with Gasteiger partial charge in [0.25, 0.3) is 0 Å². The summed E-state index contributed by atoms with van der Waals surface area (Å²) in [6, 6.07) is 26.5. The fourth-order valence-electron chi connectivity index (χ4n) is 3.56. The summed E-state index contributed by atoms with van der Waals surface area (Å²) in [6.07, 6.45) is 0. The van der Waals surface area contributed by atoms with E-state index in [-0.39, 0.29) is 0 Å². The number of halogens is 1. The van der Waals surface area contributed by atoms with E-state index in [1.807, 2.05) is 48.5 Å². The van der Waals surface area contributed by atoms with Gasteiger partial charge in [0.2, 0.25) is 0 Å². The summed E-state index contributed by atoms with van der Waals surface area (Å²) >= 11 is 6.30. The van der Waals surface area contributed by atoms with Gasteiger partial charge in [-0.3, -0.25) is 9.80 Å². The summed E-state index contributed by atoms with van der Waals surface area (Å²) in [6.45, 7) is 6.12. The molecule has 0 spiro atoms. The highest BCUT2D eigenvalue weighted by Crippen LogP contribution is 2.23. The van der Waals surface area contributed by atoms with Crippen molar-refractivity contribution in [2.45, 2.75) is 13.1 Å². The van der Waals surface area contributed by atoms with Crippen LogP contribution in [-0.2, 0) is 13.1 Å². The van der Waals surface area contributed by atoms with Gasteiger partial charge in [-0.1, -0.05) is 60.1 Å². The molecule has 28 heavy (non-hydrogen) atoms. The van der Waals surface area contributed by atoms with Crippen LogP contribution in [0.3, 0.4) is 0 Å². The third-order valence-electron chi connectivity index (χ3n) is 5.10. The molecule has 4 rings (SSSR count). The van der Waals surface area contributed by atoms with E-state index in [1.165, 1.54) is 11.1 Å². The van der Waals surface area contributed by atoms with Crippen molar-refractivity contribution in [3.8, 4) is 11.5 Å². The molecule has 0 N–H and O–H groups in total. The molecule has 0 unspecified atom stereocenters. The number of hydrogen-bond donors (Lipinski definition) is 0. The van der Waals surface area contributed by atoms with E-state index in [4.69, 9.17) is 16.3 Å². The van der Waals surface area contributed by atoms with Crippen LogP contribution < -0.4 is 4.74 Å². The van der Waals surface area contributed by atoms with Gasteiger partial charge < -0.3 is 4.74 Å². The van der Waals surface area contributed by atoms with Gasteiger partial charge in [0.15, 0.2) is 0 Å². The number of ether oxygens (including phenoxy) is 1. The minimum absolute atomic E-state index is 0.861. The van der Waals surface area contributed by atoms with E-state index in [1.54, 1.807) is 0 Å². The highest BCUT2D eigenvalue weighted by molar-refractivity contribution is 6.31. The van der Waals surface area contributed by atoms with Gasteiger partial charge in [-0.15, -0.1) is 0 Å². The van der Waals surface area contributed by atoms with Crippen molar-refractivity contribution in [1.29, 1.82) is 0 Å². The maximum Gasteiger partial charge on any atom is 0.127 e. The highest BCUT2D eigenvalue weighted by atomic mass is 35.5. The molecule has 1 aliphatic rings. The molecule has 3 nitrogen and oxygen atoms in total. The van der Waals surface area contributed by atoms with E-state index in [0.717, 1.165) is 55.8 Å². The smallest absolute Gasteiger partial charge is 0.127 e. The van der Waals surface area contributed by atoms with Crippen molar-refractivity contribution in [2.75, 3.05) is 26.2 Å². The Morgan fingerprint density at radius 3 is 2.07 bits per heavy atom. The summed E-state index contributed by atoms with van der Waals surface area (Å²) in [5, 5.41) is 0.861. The van der Waals surface area contributed by atoms with Crippen LogP contribution in [0.5, 0.6) is 11.5 Å². The molecule has 1 saturated heterocycles. The topological polar surface area (TPSA) is 15.7 Å². The van der Waals surface area contributed by atoms with Crippen molar-refractivity contribution < 1.29 is 4.74 Å². The molecule has 0 aromatic heterocycles. The molecule has 0 aliphatic carbocycles. The zero-order valence-electron chi connectivity index (χ0n) is 15.9. The number of rotatable bonds is 6. The third-order valence-corrected chi connectivity index (χ3v) is 5.47. The maximum atomic E-state index is 6.30. The van der Waals surface area contributed by atoms with E-state index in [2.05, 4.69) is 40.1 Å². The zero-order valence-corrected chi connectivity index (χ0v) is 16.7. The average molecular weight is 393 g/mol. The van der Waals surface area contributed by atoms with Gasteiger partial charge in [-0.2, -0.15) is 0 Å². The van der Waals surface area contributed by atoms with Crippen LogP contribution in [0.4, 0.5) is 0 Å². The summed E-state index contributed by atoms with van der Waals surface area (Å²) in [4.78, 5) is 4.98. The van der Waals surface area contributed by atoms with Crippen LogP contribution in [0.1, 0.15) is 11.1 Å². The van der Waals surface area contributed by atoms with Gasteiger partial charge in [0.1, 0.15) is 11.5 Å². The molecule has 1 aliphatic heterocycles. The first-order valence-electron chi connectivity index (χ1n) is 9.76. The number of para-hydroxylation sites is 1. The molecule has 0 atom stereocenters. The summed E-state index contributed by atoms with van der Waals surface area (Å²) in [7, 11) is 0. The van der Waals surface area contributed by atoms with E-state index < -0.39 is 0 Å². The normalized spacial score (nSPS) is 15.5. The molecule has 3 aromatic carbocycles. The number of piperazine rings is 1. The molecular weight excluding hydrogens is 368 g/mol. The standard InChI is InChI=1S/C24H25ClN2O/c25-24-12-5-4-8-21(24)19-27-15-13-26(14-16-27)18-20-7-6-11-23(17-20)28-22-9-2-1-3-10-22/h1-12,17H,13-16,18-19H2. The number of nitrogens with zero attached hydrogens (tertiary/aromatic N) is 2. The van der Waals surface area contributed by atoms with Gasteiger partial charge in [0, 0.05) is 44.3 Å². The average Bonchev–Trinajstić information content (AvgIpc) is 2.72. The van der Waals surface area contributed by atoms with Crippen molar-refractivity contribution in [1.82, 2.24) is 9.80 Å². The molecule has 0 bridgehead atoms. The quantitative estimate of drug-likeness (QED) is 0.554. The predicted molar refractivity (Wildman–Crippen MR) is 115 cm³/mol. The first-order valence-corrected chi connectivity index (χ1v) is 10.1. The molecule has 0 radical (unpaired) electrons. The largest absolute Gasteiger partial charge is 0.457 e. The van der Waals surface area contributed by atoms with Crippen molar-refractivity contribution in [2.24, 2.45) is 0 Å². The number of benzene rings is 3. The summed E-state index contributed by atoms with van der Waals surface area (Å²) < 4.78 is 5.96. The maximum absolute atomic E-state index is 6.30. The fraction of sp³-hybridized carbons (Fsp3) is 0.250. The van der Waals surface area contributed by atoms with Crippen molar-refractivity contribution in [3.63, 3.8) is 0 Å². The molecular formula is C24H25ClN2O. The Morgan fingerprint density at radius 2 is 1.32 bits per heavy atom. The Kier molecular flexibility index (Phi) is 6.27. The second-order valence-corrected chi connectivity index (χ2v) is 7.61. The molecule has 1 heterocycles.